The fourth-order valence-corrected chi connectivity index (χ4v) is 2.47. The molecular formula is C19H23FO. The minimum atomic E-state index is -0.385. The molecule has 2 heteroatoms. The molecular weight excluding hydrogens is 263 g/mol. The van der Waals surface area contributed by atoms with Crippen molar-refractivity contribution in [3.05, 3.63) is 59.9 Å². The first-order valence-corrected chi connectivity index (χ1v) is 7.74. The number of benzene rings is 2. The van der Waals surface area contributed by atoms with Gasteiger partial charge in [-0.1, -0.05) is 69.0 Å². The molecule has 112 valence electrons. The number of hydrogen-bond donors (Lipinski definition) is 1. The second-order valence-corrected chi connectivity index (χ2v) is 5.49. The zero-order chi connectivity index (χ0) is 15.1. The summed E-state index contributed by atoms with van der Waals surface area (Å²) in [4.78, 5) is 0. The minimum Gasteiger partial charge on any atom is -0.388 e. The lowest BCUT2D eigenvalue weighted by Gasteiger charge is -2.11. The van der Waals surface area contributed by atoms with Gasteiger partial charge in [0.2, 0.25) is 0 Å². The van der Waals surface area contributed by atoms with Gasteiger partial charge >= 0.3 is 0 Å². The summed E-state index contributed by atoms with van der Waals surface area (Å²) in [6.07, 6.45) is 5.12. The molecule has 0 spiro atoms. The number of rotatable bonds is 7. The highest BCUT2D eigenvalue weighted by Gasteiger charge is 2.07. The van der Waals surface area contributed by atoms with Gasteiger partial charge in [0, 0.05) is 0 Å². The summed E-state index contributed by atoms with van der Waals surface area (Å²) in [7, 11) is 0. The first kappa shape index (κ1) is 15.7. The molecule has 0 saturated carbocycles. The predicted octanol–water partition coefficient (Wildman–Crippen LogP) is 5.50. The average Bonchev–Trinajstić information content (AvgIpc) is 2.52. The number of aliphatic hydroxyl groups excluding tert-OH is 1. The standard InChI is InChI=1S/C19H23FO/c1-2-3-4-5-6-19(21)17-9-7-15(8-10-17)16-11-13-18(20)14-12-16/h7-14,19,21H,2-6H2,1H3. The number of halogens is 1. The summed E-state index contributed by atoms with van der Waals surface area (Å²) >= 11 is 0. The SMILES string of the molecule is CCCCCCC(O)c1ccc(-c2ccc(F)cc2)cc1. The van der Waals surface area contributed by atoms with Gasteiger partial charge in [0.15, 0.2) is 0 Å². The molecule has 21 heavy (non-hydrogen) atoms. The largest absolute Gasteiger partial charge is 0.388 e. The average molecular weight is 286 g/mol. The van der Waals surface area contributed by atoms with Gasteiger partial charge in [-0.15, -0.1) is 0 Å². The van der Waals surface area contributed by atoms with Crippen LogP contribution >= 0.6 is 0 Å². The number of aliphatic hydroxyl groups is 1. The van der Waals surface area contributed by atoms with Gasteiger partial charge in [0.25, 0.3) is 0 Å². The van der Waals surface area contributed by atoms with Crippen LogP contribution in [0.15, 0.2) is 48.5 Å². The molecule has 1 N–H and O–H groups in total. The fraction of sp³-hybridized carbons (Fsp3) is 0.368. The maximum atomic E-state index is 12.9. The molecule has 2 aromatic rings. The summed E-state index contributed by atoms with van der Waals surface area (Å²) in [6, 6.07) is 14.4. The van der Waals surface area contributed by atoms with E-state index < -0.39 is 0 Å². The molecule has 2 aromatic carbocycles. The Hall–Kier alpha value is -1.67. The van der Waals surface area contributed by atoms with Crippen molar-refractivity contribution in [1.82, 2.24) is 0 Å². The molecule has 0 saturated heterocycles. The smallest absolute Gasteiger partial charge is 0.123 e. The molecule has 0 aliphatic carbocycles. The molecule has 0 aromatic heterocycles. The highest BCUT2D eigenvalue weighted by atomic mass is 19.1. The third-order valence-electron chi connectivity index (χ3n) is 3.80. The fourth-order valence-electron chi connectivity index (χ4n) is 2.47. The Morgan fingerprint density at radius 1 is 0.857 bits per heavy atom. The van der Waals surface area contributed by atoms with E-state index in [-0.39, 0.29) is 11.9 Å². The molecule has 0 heterocycles. The van der Waals surface area contributed by atoms with Crippen LogP contribution in [0.3, 0.4) is 0 Å². The van der Waals surface area contributed by atoms with E-state index in [0.29, 0.717) is 0 Å². The van der Waals surface area contributed by atoms with Crippen LogP contribution in [0.1, 0.15) is 50.7 Å². The number of hydrogen-bond acceptors (Lipinski definition) is 1. The molecule has 1 atom stereocenters. The lowest BCUT2D eigenvalue weighted by Crippen LogP contribution is -1.97. The topological polar surface area (TPSA) is 20.2 Å². The quantitative estimate of drug-likeness (QED) is 0.667. The van der Waals surface area contributed by atoms with Crippen LogP contribution in [-0.2, 0) is 0 Å². The van der Waals surface area contributed by atoms with Crippen LogP contribution in [0.25, 0.3) is 11.1 Å². The summed E-state index contributed by atoms with van der Waals surface area (Å²) in [5, 5.41) is 10.2. The van der Waals surface area contributed by atoms with E-state index in [1.165, 1.54) is 31.4 Å². The Bertz CT molecular complexity index is 530. The van der Waals surface area contributed by atoms with Crippen LogP contribution in [0.2, 0.25) is 0 Å². The van der Waals surface area contributed by atoms with E-state index >= 15 is 0 Å². The normalized spacial score (nSPS) is 12.3. The molecule has 1 unspecified atom stereocenters. The Balaban J connectivity index is 1.96. The van der Waals surface area contributed by atoms with Crippen molar-refractivity contribution in [3.8, 4) is 11.1 Å². The van der Waals surface area contributed by atoms with Crippen LogP contribution in [-0.4, -0.2) is 5.11 Å². The van der Waals surface area contributed by atoms with Gasteiger partial charge in [-0.2, -0.15) is 0 Å². The predicted molar refractivity (Wildman–Crippen MR) is 85.6 cm³/mol. The maximum absolute atomic E-state index is 12.9. The van der Waals surface area contributed by atoms with Crippen molar-refractivity contribution in [2.45, 2.75) is 45.1 Å². The van der Waals surface area contributed by atoms with Crippen molar-refractivity contribution >= 4 is 0 Å². The third kappa shape index (κ3) is 4.68. The second kappa shape index (κ2) is 7.94. The molecule has 0 amide bonds. The van der Waals surface area contributed by atoms with Gasteiger partial charge in [-0.05, 0) is 35.2 Å². The summed E-state index contributed by atoms with van der Waals surface area (Å²) in [5.74, 6) is -0.224. The van der Waals surface area contributed by atoms with Gasteiger partial charge in [-0.25, -0.2) is 4.39 Å². The van der Waals surface area contributed by atoms with Gasteiger partial charge in [0.05, 0.1) is 6.10 Å². The first-order chi connectivity index (χ1) is 10.2. The van der Waals surface area contributed by atoms with E-state index in [1.54, 1.807) is 12.1 Å². The maximum Gasteiger partial charge on any atom is 0.123 e. The lowest BCUT2D eigenvalue weighted by atomic mass is 9.99. The minimum absolute atomic E-state index is 0.224. The summed E-state index contributed by atoms with van der Waals surface area (Å²) < 4.78 is 12.9. The number of unbranched alkanes of at least 4 members (excludes halogenated alkanes) is 3. The van der Waals surface area contributed by atoms with Crippen LogP contribution in [0.4, 0.5) is 4.39 Å². The van der Waals surface area contributed by atoms with Crippen LogP contribution in [0, 0.1) is 5.82 Å². The summed E-state index contributed by atoms with van der Waals surface area (Å²) in [5.41, 5.74) is 2.98. The van der Waals surface area contributed by atoms with E-state index in [1.807, 2.05) is 24.3 Å². The molecule has 0 aliphatic rings. The molecule has 0 aliphatic heterocycles. The van der Waals surface area contributed by atoms with E-state index in [9.17, 15) is 9.50 Å². The van der Waals surface area contributed by atoms with E-state index in [0.717, 1.165) is 29.5 Å². The highest BCUT2D eigenvalue weighted by molar-refractivity contribution is 5.63. The molecule has 1 nitrogen and oxygen atoms in total. The molecule has 0 fully saturated rings. The highest BCUT2D eigenvalue weighted by Crippen LogP contribution is 2.24. The Labute approximate surface area is 126 Å². The van der Waals surface area contributed by atoms with Gasteiger partial charge < -0.3 is 5.11 Å². The van der Waals surface area contributed by atoms with E-state index in [2.05, 4.69) is 6.92 Å². The zero-order valence-corrected chi connectivity index (χ0v) is 12.6. The lowest BCUT2D eigenvalue weighted by molar-refractivity contribution is 0.163. The van der Waals surface area contributed by atoms with Crippen molar-refractivity contribution in [2.75, 3.05) is 0 Å². The molecule has 2 rings (SSSR count). The van der Waals surface area contributed by atoms with E-state index in [4.69, 9.17) is 0 Å². The monoisotopic (exact) mass is 286 g/mol. The Morgan fingerprint density at radius 2 is 1.43 bits per heavy atom. The van der Waals surface area contributed by atoms with Crippen LogP contribution < -0.4 is 0 Å². The Kier molecular flexibility index (Phi) is 5.94. The van der Waals surface area contributed by atoms with Gasteiger partial charge in [-0.3, -0.25) is 0 Å². The van der Waals surface area contributed by atoms with Crippen molar-refractivity contribution in [1.29, 1.82) is 0 Å². The van der Waals surface area contributed by atoms with Crippen molar-refractivity contribution in [2.24, 2.45) is 0 Å². The second-order valence-electron chi connectivity index (χ2n) is 5.49. The molecule has 0 radical (unpaired) electrons. The zero-order valence-electron chi connectivity index (χ0n) is 12.6. The van der Waals surface area contributed by atoms with Crippen molar-refractivity contribution < 1.29 is 9.50 Å². The van der Waals surface area contributed by atoms with Crippen LogP contribution in [0.5, 0.6) is 0 Å². The molecule has 0 bridgehead atoms. The first-order valence-electron chi connectivity index (χ1n) is 7.74. The Morgan fingerprint density at radius 3 is 2.00 bits per heavy atom. The van der Waals surface area contributed by atoms with Crippen molar-refractivity contribution in [3.63, 3.8) is 0 Å². The summed E-state index contributed by atoms with van der Waals surface area (Å²) in [6.45, 7) is 2.19. The van der Waals surface area contributed by atoms with Gasteiger partial charge in [0.1, 0.15) is 5.82 Å². The third-order valence-corrected chi connectivity index (χ3v) is 3.80.